The van der Waals surface area contributed by atoms with Crippen LogP contribution < -0.4 is 4.90 Å². The highest BCUT2D eigenvalue weighted by atomic mass is 19.4. The van der Waals surface area contributed by atoms with Gasteiger partial charge in [0, 0.05) is 44.7 Å². The molecular formula is C29H33F6N9. The maximum absolute atomic E-state index is 13.7. The molecule has 0 radical (unpaired) electrons. The third kappa shape index (κ3) is 6.52. The van der Waals surface area contributed by atoms with E-state index in [1.165, 1.54) is 36.0 Å². The molecule has 0 atom stereocenters. The molecule has 6 rings (SSSR count). The van der Waals surface area contributed by atoms with E-state index >= 15 is 0 Å². The average molecular weight is 622 g/mol. The second kappa shape index (κ2) is 11.3. The predicted octanol–water partition coefficient (Wildman–Crippen LogP) is 5.81. The van der Waals surface area contributed by atoms with Gasteiger partial charge in [0.1, 0.15) is 0 Å². The molecule has 1 aromatic carbocycles. The van der Waals surface area contributed by atoms with E-state index in [0.29, 0.717) is 24.2 Å². The summed E-state index contributed by atoms with van der Waals surface area (Å²) in [7, 11) is 3.35. The number of halogens is 6. The largest absolute Gasteiger partial charge is 0.416 e. The first-order valence-electron chi connectivity index (χ1n) is 14.6. The molecule has 0 N–H and O–H groups in total. The van der Waals surface area contributed by atoms with Crippen LogP contribution in [0, 0.1) is 12.8 Å². The molecule has 3 aromatic heterocycles. The van der Waals surface area contributed by atoms with Gasteiger partial charge in [0.05, 0.1) is 29.6 Å². The Morgan fingerprint density at radius 1 is 0.864 bits per heavy atom. The van der Waals surface area contributed by atoms with Crippen LogP contribution in [-0.2, 0) is 46.1 Å². The summed E-state index contributed by atoms with van der Waals surface area (Å²) in [5, 5.41) is 17.5. The molecule has 3 heterocycles. The Kier molecular flexibility index (Phi) is 7.79. The fourth-order valence-electron chi connectivity index (χ4n) is 5.81. The Bertz CT molecular complexity index is 1620. The normalized spacial score (nSPS) is 16.2. The maximum Gasteiger partial charge on any atom is 0.416 e. The summed E-state index contributed by atoms with van der Waals surface area (Å²) in [6, 6.07) is 4.03. The Hall–Kier alpha value is -3.75. The fraction of sp³-hybridized carbons (Fsp3) is 0.552. The Morgan fingerprint density at radius 2 is 1.55 bits per heavy atom. The topological polar surface area (TPSA) is 80.8 Å². The van der Waals surface area contributed by atoms with Crippen LogP contribution in [0.1, 0.15) is 65.7 Å². The van der Waals surface area contributed by atoms with Crippen molar-refractivity contribution in [1.82, 2.24) is 39.9 Å². The molecule has 2 saturated carbocycles. The first kappa shape index (κ1) is 30.3. The first-order valence-corrected chi connectivity index (χ1v) is 14.6. The number of fused-ring (bicyclic) bond motifs is 1. The van der Waals surface area contributed by atoms with E-state index in [1.807, 2.05) is 20.0 Å². The van der Waals surface area contributed by atoms with Gasteiger partial charge in [-0.15, -0.1) is 5.10 Å². The van der Waals surface area contributed by atoms with Gasteiger partial charge in [-0.2, -0.15) is 36.2 Å². The molecular weight excluding hydrogens is 588 g/mol. The molecule has 44 heavy (non-hydrogen) atoms. The highest BCUT2D eigenvalue weighted by molar-refractivity contribution is 5.79. The molecule has 2 aliphatic rings. The van der Waals surface area contributed by atoms with Gasteiger partial charge in [-0.3, -0.25) is 9.58 Å². The molecule has 15 heteroatoms. The molecule has 2 fully saturated rings. The van der Waals surface area contributed by atoms with Crippen LogP contribution in [0.15, 0.2) is 24.3 Å². The molecule has 0 amide bonds. The average Bonchev–Trinajstić information content (AvgIpc) is 3.61. The second-order valence-corrected chi connectivity index (χ2v) is 12.0. The van der Waals surface area contributed by atoms with Crippen LogP contribution in [0.5, 0.6) is 0 Å². The summed E-state index contributed by atoms with van der Waals surface area (Å²) >= 11 is 0. The Labute approximate surface area is 249 Å². The summed E-state index contributed by atoms with van der Waals surface area (Å²) in [6.45, 7) is 3.16. The maximum atomic E-state index is 13.7. The van der Waals surface area contributed by atoms with E-state index in [2.05, 4.69) is 25.4 Å². The van der Waals surface area contributed by atoms with Gasteiger partial charge in [-0.25, -0.2) is 4.98 Å². The predicted molar refractivity (Wildman–Crippen MR) is 149 cm³/mol. The van der Waals surface area contributed by atoms with Crippen molar-refractivity contribution < 1.29 is 26.3 Å². The third-order valence-corrected chi connectivity index (χ3v) is 8.46. The number of benzene rings is 1. The Balaban J connectivity index is 1.40. The number of tetrazole rings is 1. The molecule has 2 aliphatic carbocycles. The summed E-state index contributed by atoms with van der Waals surface area (Å²) in [5.41, 5.74) is 0.0763. The van der Waals surface area contributed by atoms with E-state index in [1.54, 1.807) is 4.68 Å². The molecule has 4 aromatic rings. The van der Waals surface area contributed by atoms with E-state index in [4.69, 9.17) is 4.98 Å². The summed E-state index contributed by atoms with van der Waals surface area (Å²) in [4.78, 5) is 10.2. The number of alkyl halides is 6. The zero-order valence-electron chi connectivity index (χ0n) is 24.6. The number of aryl methyl sites for hydroxylation is 3. The molecule has 0 bridgehead atoms. The number of rotatable bonds is 10. The second-order valence-electron chi connectivity index (χ2n) is 12.0. The van der Waals surface area contributed by atoms with Crippen molar-refractivity contribution in [2.75, 3.05) is 11.4 Å². The van der Waals surface area contributed by atoms with Crippen molar-refractivity contribution in [3.05, 3.63) is 57.9 Å². The lowest BCUT2D eigenvalue weighted by atomic mass is 9.85. The van der Waals surface area contributed by atoms with Crippen molar-refractivity contribution in [2.24, 2.45) is 20.0 Å². The SMILES string of the molecule is Cc1nn(C)c2nc(CN(CC3CCC3)C3CC3)c(CN(Cc3cc(C(F)(F)F)cc(C(F)(F)F)c3)c3nnn(C)n3)cc12. The van der Waals surface area contributed by atoms with Crippen LogP contribution in [0.25, 0.3) is 11.0 Å². The highest BCUT2D eigenvalue weighted by Crippen LogP contribution is 2.38. The first-order chi connectivity index (χ1) is 20.7. The van der Waals surface area contributed by atoms with Crippen LogP contribution in [0.3, 0.4) is 0 Å². The molecule has 9 nitrogen and oxygen atoms in total. The number of nitrogens with zero attached hydrogens (tertiary/aromatic N) is 9. The molecule has 236 valence electrons. The number of pyridine rings is 1. The Morgan fingerprint density at radius 3 is 2.09 bits per heavy atom. The zero-order valence-corrected chi connectivity index (χ0v) is 24.6. The number of aromatic nitrogens is 7. The van der Waals surface area contributed by atoms with Gasteiger partial charge in [0.25, 0.3) is 5.95 Å². The summed E-state index contributed by atoms with van der Waals surface area (Å²) in [5.74, 6) is 0.715. The van der Waals surface area contributed by atoms with E-state index in [9.17, 15) is 26.3 Å². The van der Waals surface area contributed by atoms with Crippen molar-refractivity contribution >= 4 is 17.0 Å². The van der Waals surface area contributed by atoms with Crippen molar-refractivity contribution in [1.29, 1.82) is 0 Å². The fourth-order valence-corrected chi connectivity index (χ4v) is 5.81. The standard InChI is InChI=1S/C29H33F6N9/c1-17-24-11-20(25(36-26(24)41(2)38-17)16-43(23-7-8-23)13-18-5-4-6-18)15-44(27-37-40-42(3)39-27)14-19-9-21(28(30,31)32)12-22(10-19)29(33,34)35/h9-12,18,23H,4-8,13-16H2,1-3H3. The van der Waals surface area contributed by atoms with Gasteiger partial charge >= 0.3 is 12.4 Å². The van der Waals surface area contributed by atoms with Gasteiger partial charge in [0.2, 0.25) is 0 Å². The van der Waals surface area contributed by atoms with E-state index in [0.717, 1.165) is 53.9 Å². The molecule has 0 unspecified atom stereocenters. The van der Waals surface area contributed by atoms with Crippen LogP contribution in [0.2, 0.25) is 0 Å². The van der Waals surface area contributed by atoms with E-state index in [-0.39, 0.29) is 30.7 Å². The minimum absolute atomic E-state index is 0.0703. The lowest BCUT2D eigenvalue weighted by molar-refractivity contribution is -0.143. The lowest BCUT2D eigenvalue weighted by Gasteiger charge is -2.33. The molecule has 0 saturated heterocycles. The van der Waals surface area contributed by atoms with Crippen LogP contribution in [0.4, 0.5) is 32.3 Å². The summed E-state index contributed by atoms with van der Waals surface area (Å²) < 4.78 is 83.7. The van der Waals surface area contributed by atoms with Crippen LogP contribution in [-0.4, -0.2) is 52.5 Å². The lowest BCUT2D eigenvalue weighted by Crippen LogP contribution is -2.35. The molecule has 0 spiro atoms. The minimum Gasteiger partial charge on any atom is -0.329 e. The van der Waals surface area contributed by atoms with Crippen LogP contribution >= 0.6 is 0 Å². The van der Waals surface area contributed by atoms with Gasteiger partial charge in [0.15, 0.2) is 5.65 Å². The smallest absolute Gasteiger partial charge is 0.329 e. The minimum atomic E-state index is -4.96. The number of hydrogen-bond donors (Lipinski definition) is 0. The van der Waals surface area contributed by atoms with Crippen molar-refractivity contribution in [2.45, 2.75) is 77.1 Å². The number of hydrogen-bond acceptors (Lipinski definition) is 7. The highest BCUT2D eigenvalue weighted by Gasteiger charge is 2.37. The summed E-state index contributed by atoms with van der Waals surface area (Å²) in [6.07, 6.45) is -4.06. The van der Waals surface area contributed by atoms with E-state index < -0.39 is 23.5 Å². The van der Waals surface area contributed by atoms with Gasteiger partial charge in [-0.05, 0) is 79.1 Å². The third-order valence-electron chi connectivity index (χ3n) is 8.46. The van der Waals surface area contributed by atoms with Crippen molar-refractivity contribution in [3.63, 3.8) is 0 Å². The van der Waals surface area contributed by atoms with Gasteiger partial charge < -0.3 is 4.90 Å². The van der Waals surface area contributed by atoms with Gasteiger partial charge in [-0.1, -0.05) is 11.5 Å². The van der Waals surface area contributed by atoms with Crippen molar-refractivity contribution in [3.8, 4) is 0 Å². The zero-order chi connectivity index (χ0) is 31.4. The number of anilines is 1. The monoisotopic (exact) mass is 621 g/mol. The molecule has 0 aliphatic heterocycles. The quantitative estimate of drug-likeness (QED) is 0.207.